The summed E-state index contributed by atoms with van der Waals surface area (Å²) >= 11 is 0. The largest absolute Gasteiger partial charge is 0.490 e. The van der Waals surface area contributed by atoms with E-state index in [2.05, 4.69) is 0 Å². The highest BCUT2D eigenvalue weighted by molar-refractivity contribution is 7.89. The lowest BCUT2D eigenvalue weighted by molar-refractivity contribution is 0.109. The number of nitrogens with two attached hydrogens (primary N) is 1. The van der Waals surface area contributed by atoms with Crippen LogP contribution in [0.4, 0.5) is 0 Å². The summed E-state index contributed by atoms with van der Waals surface area (Å²) in [6, 6.07) is 7.39. The first-order valence-corrected chi connectivity index (χ1v) is 8.17. The Kier molecular flexibility index (Phi) is 7.35. The van der Waals surface area contributed by atoms with Gasteiger partial charge in [0.25, 0.3) is 0 Å². The Morgan fingerprint density at radius 1 is 1.00 bits per heavy atom. The smallest absolute Gasteiger partial charge is 0.211 e. The van der Waals surface area contributed by atoms with E-state index in [4.69, 9.17) is 19.3 Å². The van der Waals surface area contributed by atoms with Gasteiger partial charge in [0.05, 0.1) is 25.6 Å². The Morgan fingerprint density at radius 3 is 2.15 bits per heavy atom. The molecule has 1 rings (SSSR count). The molecule has 6 nitrogen and oxygen atoms in total. The van der Waals surface area contributed by atoms with Crippen molar-refractivity contribution in [3.63, 3.8) is 0 Å². The van der Waals surface area contributed by atoms with Crippen LogP contribution in [0.1, 0.15) is 13.3 Å². The van der Waals surface area contributed by atoms with Crippen LogP contribution >= 0.6 is 0 Å². The number of benzene rings is 1. The van der Waals surface area contributed by atoms with Crippen molar-refractivity contribution >= 4 is 10.0 Å². The molecule has 0 spiro atoms. The van der Waals surface area contributed by atoms with Crippen LogP contribution in [0.5, 0.6) is 11.5 Å². The van der Waals surface area contributed by atoms with Gasteiger partial charge in [-0.1, -0.05) is 19.1 Å². The van der Waals surface area contributed by atoms with E-state index in [9.17, 15) is 8.42 Å². The van der Waals surface area contributed by atoms with Gasteiger partial charge in [-0.05, 0) is 18.6 Å². The van der Waals surface area contributed by atoms with E-state index in [0.29, 0.717) is 24.7 Å². The van der Waals surface area contributed by atoms with Gasteiger partial charge in [-0.25, -0.2) is 13.6 Å². The molecule has 1 aromatic rings. The maximum absolute atomic E-state index is 10.7. The van der Waals surface area contributed by atoms with E-state index in [-0.39, 0.29) is 19.0 Å². The lowest BCUT2D eigenvalue weighted by Crippen LogP contribution is -2.21. The number of sulfonamides is 1. The van der Waals surface area contributed by atoms with Crippen LogP contribution in [0.15, 0.2) is 24.3 Å². The molecule has 0 aliphatic carbocycles. The normalized spacial score (nSPS) is 11.3. The van der Waals surface area contributed by atoms with E-state index in [1.54, 1.807) is 0 Å². The summed E-state index contributed by atoms with van der Waals surface area (Å²) in [6.07, 6.45) is 0.922. The Morgan fingerprint density at radius 2 is 1.60 bits per heavy atom. The molecule has 114 valence electrons. The fourth-order valence-corrected chi connectivity index (χ4v) is 1.74. The van der Waals surface area contributed by atoms with Crippen molar-refractivity contribution in [1.29, 1.82) is 0 Å². The van der Waals surface area contributed by atoms with E-state index in [0.717, 1.165) is 6.42 Å². The lowest BCUT2D eigenvalue weighted by Gasteiger charge is -2.12. The van der Waals surface area contributed by atoms with Gasteiger partial charge in [0.1, 0.15) is 6.61 Å². The minimum atomic E-state index is -3.47. The summed E-state index contributed by atoms with van der Waals surface area (Å²) in [5.74, 6) is 1.15. The van der Waals surface area contributed by atoms with Crippen molar-refractivity contribution in [1.82, 2.24) is 0 Å². The van der Waals surface area contributed by atoms with Crippen LogP contribution in [0.2, 0.25) is 0 Å². The SMILES string of the molecule is CCCOc1ccccc1OCCOCCS(N)(=O)=O. The van der Waals surface area contributed by atoms with Crippen LogP contribution in [-0.2, 0) is 14.8 Å². The second-order valence-corrected chi connectivity index (χ2v) is 5.86. The Bertz CT molecular complexity index is 489. The quantitative estimate of drug-likeness (QED) is 0.655. The number of rotatable bonds is 10. The Labute approximate surface area is 119 Å². The third-order valence-electron chi connectivity index (χ3n) is 2.31. The Hall–Kier alpha value is -1.31. The summed E-state index contributed by atoms with van der Waals surface area (Å²) in [7, 11) is -3.47. The third-order valence-corrected chi connectivity index (χ3v) is 3.04. The molecule has 0 aliphatic heterocycles. The Balaban J connectivity index is 2.28. The summed E-state index contributed by atoms with van der Waals surface area (Å²) in [5, 5.41) is 4.85. The van der Waals surface area contributed by atoms with Gasteiger partial charge in [0.15, 0.2) is 11.5 Å². The number of ether oxygens (including phenoxy) is 3. The van der Waals surface area contributed by atoms with Crippen molar-refractivity contribution < 1.29 is 22.6 Å². The highest BCUT2D eigenvalue weighted by Crippen LogP contribution is 2.26. The van der Waals surface area contributed by atoms with Gasteiger partial charge in [0, 0.05) is 0 Å². The molecule has 0 atom stereocenters. The van der Waals surface area contributed by atoms with Crippen LogP contribution in [-0.4, -0.2) is 40.6 Å². The zero-order chi connectivity index (χ0) is 14.8. The molecule has 0 unspecified atom stereocenters. The summed E-state index contributed by atoms with van der Waals surface area (Å²) < 4.78 is 37.6. The second-order valence-electron chi connectivity index (χ2n) is 4.12. The van der Waals surface area contributed by atoms with Gasteiger partial charge in [-0.15, -0.1) is 0 Å². The summed E-state index contributed by atoms with van der Waals surface area (Å²) in [6.45, 7) is 3.33. The lowest BCUT2D eigenvalue weighted by atomic mass is 10.3. The molecular weight excluding hydrogens is 282 g/mol. The van der Waals surface area contributed by atoms with Crippen LogP contribution in [0, 0.1) is 0 Å². The van der Waals surface area contributed by atoms with Gasteiger partial charge < -0.3 is 14.2 Å². The molecule has 0 aliphatic rings. The van der Waals surface area contributed by atoms with E-state index < -0.39 is 10.0 Å². The molecule has 2 N–H and O–H groups in total. The number of hydrogen-bond acceptors (Lipinski definition) is 5. The summed E-state index contributed by atoms with van der Waals surface area (Å²) in [5.41, 5.74) is 0. The maximum Gasteiger partial charge on any atom is 0.211 e. The predicted molar refractivity (Wildman–Crippen MR) is 76.5 cm³/mol. The van der Waals surface area contributed by atoms with Crippen molar-refractivity contribution in [2.75, 3.05) is 32.2 Å². The molecule has 0 aromatic heterocycles. The minimum Gasteiger partial charge on any atom is -0.490 e. The molecule has 1 aromatic carbocycles. The van der Waals surface area contributed by atoms with Gasteiger partial charge >= 0.3 is 0 Å². The van der Waals surface area contributed by atoms with Crippen molar-refractivity contribution in [3.8, 4) is 11.5 Å². The topological polar surface area (TPSA) is 87.8 Å². The van der Waals surface area contributed by atoms with Crippen molar-refractivity contribution in [2.24, 2.45) is 5.14 Å². The second kappa shape index (κ2) is 8.78. The fourth-order valence-electron chi connectivity index (χ4n) is 1.39. The molecule has 0 amide bonds. The highest BCUT2D eigenvalue weighted by Gasteiger charge is 2.04. The molecule has 0 bridgehead atoms. The number of primary sulfonamides is 1. The minimum absolute atomic E-state index is 0.0656. The first-order chi connectivity index (χ1) is 9.53. The van der Waals surface area contributed by atoms with E-state index >= 15 is 0 Å². The molecule has 0 heterocycles. The van der Waals surface area contributed by atoms with Crippen LogP contribution < -0.4 is 14.6 Å². The van der Waals surface area contributed by atoms with Gasteiger partial charge in [-0.3, -0.25) is 0 Å². The first kappa shape index (κ1) is 16.7. The molecule has 0 saturated heterocycles. The number of hydrogen-bond donors (Lipinski definition) is 1. The van der Waals surface area contributed by atoms with Gasteiger partial charge in [0.2, 0.25) is 10.0 Å². The number of para-hydroxylation sites is 2. The standard InChI is InChI=1S/C13H21NO5S/c1-2-7-18-12-5-3-4-6-13(12)19-9-8-17-10-11-20(14,15)16/h3-6H,2,7-11H2,1H3,(H2,14,15,16). The molecule has 0 saturated carbocycles. The zero-order valence-corrected chi connectivity index (χ0v) is 12.4. The molecular formula is C13H21NO5S. The average Bonchev–Trinajstić information content (AvgIpc) is 2.40. The molecule has 0 fully saturated rings. The zero-order valence-electron chi connectivity index (χ0n) is 11.6. The summed E-state index contributed by atoms with van der Waals surface area (Å²) in [4.78, 5) is 0. The molecule has 0 radical (unpaired) electrons. The van der Waals surface area contributed by atoms with Crippen LogP contribution in [0.3, 0.4) is 0 Å². The first-order valence-electron chi connectivity index (χ1n) is 6.46. The average molecular weight is 303 g/mol. The van der Waals surface area contributed by atoms with E-state index in [1.807, 2.05) is 31.2 Å². The monoisotopic (exact) mass is 303 g/mol. The van der Waals surface area contributed by atoms with E-state index in [1.165, 1.54) is 0 Å². The highest BCUT2D eigenvalue weighted by atomic mass is 32.2. The fraction of sp³-hybridized carbons (Fsp3) is 0.538. The van der Waals surface area contributed by atoms with Crippen molar-refractivity contribution in [3.05, 3.63) is 24.3 Å². The molecule has 20 heavy (non-hydrogen) atoms. The van der Waals surface area contributed by atoms with Gasteiger partial charge in [-0.2, -0.15) is 0 Å². The van der Waals surface area contributed by atoms with Crippen LogP contribution in [0.25, 0.3) is 0 Å². The third kappa shape index (κ3) is 7.32. The molecule has 7 heteroatoms. The maximum atomic E-state index is 10.7. The van der Waals surface area contributed by atoms with Crippen molar-refractivity contribution in [2.45, 2.75) is 13.3 Å². The predicted octanol–water partition coefficient (Wildman–Crippen LogP) is 1.16.